The van der Waals surface area contributed by atoms with Crippen molar-refractivity contribution in [2.45, 2.75) is 62.6 Å². The van der Waals surface area contributed by atoms with E-state index in [0.717, 1.165) is 33.4 Å². The zero-order valence-electron chi connectivity index (χ0n) is 22.7. The van der Waals surface area contributed by atoms with Crippen molar-refractivity contribution in [3.63, 3.8) is 0 Å². The minimum absolute atomic E-state index is 0.00185. The molecule has 0 bridgehead atoms. The van der Waals surface area contributed by atoms with E-state index in [1.54, 1.807) is 12.0 Å². The second-order valence-electron chi connectivity index (χ2n) is 11.5. The number of likely N-dealkylation sites (N-methyl/N-ethyl adjacent to an activating group) is 1. The maximum absolute atomic E-state index is 14.1. The predicted octanol–water partition coefficient (Wildman–Crippen LogP) is 3.87. The molecule has 7 nitrogen and oxygen atoms in total. The first kappa shape index (κ1) is 27.6. The molecule has 0 aliphatic carbocycles. The third-order valence-corrected chi connectivity index (χ3v) is 14.2. The van der Waals surface area contributed by atoms with Gasteiger partial charge in [-0.1, -0.05) is 37.3 Å². The van der Waals surface area contributed by atoms with Crippen LogP contribution >= 0.6 is 22.6 Å². The maximum atomic E-state index is 14.1. The van der Waals surface area contributed by atoms with Crippen molar-refractivity contribution in [3.05, 3.63) is 51.6 Å². The quantitative estimate of drug-likeness (QED) is 0.381. The Morgan fingerprint density at radius 3 is 2.61 bits per heavy atom. The number of hydrogen-bond donors (Lipinski definition) is 1. The van der Waals surface area contributed by atoms with Crippen molar-refractivity contribution in [1.29, 1.82) is 0 Å². The van der Waals surface area contributed by atoms with Crippen LogP contribution in [-0.2, 0) is 19.9 Å². The lowest BCUT2D eigenvalue weighted by atomic mass is 9.82. The van der Waals surface area contributed by atoms with E-state index in [1.807, 2.05) is 36.2 Å². The largest absolute Gasteiger partial charge is 0.497 e. The van der Waals surface area contributed by atoms with Crippen LogP contribution in [0.1, 0.15) is 31.7 Å². The number of hydrogen-bond acceptors (Lipinski definition) is 5. The molecule has 5 rings (SSSR count). The highest BCUT2D eigenvalue weighted by molar-refractivity contribution is 14.1. The molecule has 2 amide bonds. The molecule has 0 unspecified atom stereocenters. The fraction of sp³-hybridized carbons (Fsp3) is 0.517. The van der Waals surface area contributed by atoms with Crippen LogP contribution in [0.5, 0.6) is 5.75 Å². The monoisotopic (exact) mass is 648 g/mol. The number of nitrogens with zero attached hydrogens (tertiary/aromatic N) is 2. The first-order valence-corrected chi connectivity index (χ1v) is 17.5. The zero-order chi connectivity index (χ0) is 27.4. The summed E-state index contributed by atoms with van der Waals surface area (Å²) in [6.07, 6.45) is 1.50. The third kappa shape index (κ3) is 4.20. The van der Waals surface area contributed by atoms with Gasteiger partial charge >= 0.3 is 0 Å². The van der Waals surface area contributed by atoms with Gasteiger partial charge in [-0.05, 0) is 71.3 Å². The molecule has 1 spiro atoms. The van der Waals surface area contributed by atoms with Crippen LogP contribution in [-0.4, -0.2) is 69.3 Å². The standard InChI is InChI=1S/C29H37IN2O5Si/c1-18-27(38(4,5)22-11-9-21(36-3)10-12-22)25(16-26(34)32-14-6-7-20(32)17-33)37-29(18)23-15-19(30)8-13-24(23)31(2)28(29)35/h8-13,15,18,20,25,27,33H,6-7,14,16-17H2,1-5H3/t18-,20+,25+,27-,29+/m1/s1. The Kier molecular flexibility index (Phi) is 7.43. The van der Waals surface area contributed by atoms with Gasteiger partial charge in [-0.15, -0.1) is 0 Å². The second kappa shape index (κ2) is 10.2. The van der Waals surface area contributed by atoms with E-state index < -0.39 is 19.8 Å². The average molecular weight is 649 g/mol. The maximum Gasteiger partial charge on any atom is 0.264 e. The Labute approximate surface area is 239 Å². The first-order chi connectivity index (χ1) is 18.1. The molecule has 0 aromatic heterocycles. The molecule has 2 aromatic rings. The van der Waals surface area contributed by atoms with Gasteiger partial charge in [0.05, 0.1) is 46.0 Å². The van der Waals surface area contributed by atoms with E-state index >= 15 is 0 Å². The molecule has 3 aliphatic rings. The fourth-order valence-electron chi connectivity index (χ4n) is 7.23. The molecular formula is C29H37IN2O5Si. The number of carbonyl (C=O) groups is 2. The minimum Gasteiger partial charge on any atom is -0.497 e. The van der Waals surface area contributed by atoms with Crippen LogP contribution in [0.25, 0.3) is 0 Å². The van der Waals surface area contributed by atoms with Crippen LogP contribution < -0.4 is 14.8 Å². The van der Waals surface area contributed by atoms with Gasteiger partial charge in [-0.3, -0.25) is 9.59 Å². The number of fused-ring (bicyclic) bond motifs is 2. The molecule has 204 valence electrons. The smallest absolute Gasteiger partial charge is 0.264 e. The molecule has 3 aliphatic heterocycles. The number of ether oxygens (including phenoxy) is 2. The number of carbonyl (C=O) groups excluding carboxylic acids is 2. The zero-order valence-corrected chi connectivity index (χ0v) is 25.9. The van der Waals surface area contributed by atoms with Crippen LogP contribution in [0, 0.1) is 9.49 Å². The average Bonchev–Trinajstić information content (AvgIpc) is 3.55. The number of likely N-dealkylation sites (tertiary alicyclic amines) is 1. The van der Waals surface area contributed by atoms with Crippen molar-refractivity contribution in [3.8, 4) is 5.75 Å². The summed E-state index contributed by atoms with van der Waals surface area (Å²) < 4.78 is 13.4. The van der Waals surface area contributed by atoms with Crippen LogP contribution in [0.4, 0.5) is 5.69 Å². The number of aliphatic hydroxyl groups is 1. The van der Waals surface area contributed by atoms with Gasteiger partial charge in [0.15, 0.2) is 5.60 Å². The Morgan fingerprint density at radius 2 is 1.95 bits per heavy atom. The number of halogens is 1. The highest BCUT2D eigenvalue weighted by Crippen LogP contribution is 2.59. The number of anilines is 1. The minimum atomic E-state index is -2.29. The Bertz CT molecular complexity index is 1240. The predicted molar refractivity (Wildman–Crippen MR) is 159 cm³/mol. The topological polar surface area (TPSA) is 79.3 Å². The van der Waals surface area contributed by atoms with Crippen molar-refractivity contribution in [1.82, 2.24) is 4.90 Å². The van der Waals surface area contributed by atoms with Crippen molar-refractivity contribution < 1.29 is 24.2 Å². The molecule has 2 saturated heterocycles. The molecule has 2 aromatic carbocycles. The van der Waals surface area contributed by atoms with E-state index in [-0.39, 0.29) is 42.3 Å². The number of rotatable bonds is 6. The molecule has 38 heavy (non-hydrogen) atoms. The van der Waals surface area contributed by atoms with Crippen molar-refractivity contribution in [2.24, 2.45) is 5.92 Å². The van der Waals surface area contributed by atoms with Gasteiger partial charge in [0.1, 0.15) is 5.75 Å². The lowest BCUT2D eigenvalue weighted by molar-refractivity contribution is -0.149. The Balaban J connectivity index is 1.59. The molecule has 9 heteroatoms. The van der Waals surface area contributed by atoms with Gasteiger partial charge in [0.25, 0.3) is 5.91 Å². The summed E-state index contributed by atoms with van der Waals surface area (Å²) in [5, 5.41) is 11.1. The van der Waals surface area contributed by atoms with Crippen LogP contribution in [0.3, 0.4) is 0 Å². The normalized spacial score (nSPS) is 28.9. The van der Waals surface area contributed by atoms with Crippen molar-refractivity contribution >= 4 is 53.4 Å². The third-order valence-electron chi connectivity index (χ3n) is 9.21. The van der Waals surface area contributed by atoms with Gasteiger partial charge in [-0.25, -0.2) is 0 Å². The number of amides is 2. The second-order valence-corrected chi connectivity index (χ2v) is 17.4. The van der Waals surface area contributed by atoms with Gasteiger partial charge in [-0.2, -0.15) is 0 Å². The highest BCUT2D eigenvalue weighted by atomic mass is 127. The summed E-state index contributed by atoms with van der Waals surface area (Å²) in [6, 6.07) is 14.2. The molecular weight excluding hydrogens is 611 g/mol. The summed E-state index contributed by atoms with van der Waals surface area (Å²) in [6.45, 7) is 7.41. The summed E-state index contributed by atoms with van der Waals surface area (Å²) in [4.78, 5) is 31.2. The fourth-order valence-corrected chi connectivity index (χ4v) is 11.7. The lowest BCUT2D eigenvalue weighted by Gasteiger charge is -2.37. The lowest BCUT2D eigenvalue weighted by Crippen LogP contribution is -2.52. The van der Waals surface area contributed by atoms with Gasteiger partial charge < -0.3 is 24.4 Å². The van der Waals surface area contributed by atoms with Crippen molar-refractivity contribution in [2.75, 3.05) is 32.2 Å². The summed E-state index contributed by atoms with van der Waals surface area (Å²) >= 11 is 2.29. The molecule has 0 saturated carbocycles. The van der Waals surface area contributed by atoms with E-state index in [1.165, 1.54) is 5.19 Å². The summed E-state index contributed by atoms with van der Waals surface area (Å²) in [5.41, 5.74) is 0.658. The molecule has 5 atom stereocenters. The number of aliphatic hydroxyl groups excluding tert-OH is 1. The van der Waals surface area contributed by atoms with E-state index in [4.69, 9.17) is 9.47 Å². The molecule has 1 N–H and O–H groups in total. The van der Waals surface area contributed by atoms with Gasteiger partial charge in [0, 0.05) is 28.6 Å². The van der Waals surface area contributed by atoms with Crippen LogP contribution in [0.15, 0.2) is 42.5 Å². The molecule has 3 heterocycles. The van der Waals surface area contributed by atoms with E-state index in [9.17, 15) is 14.7 Å². The van der Waals surface area contributed by atoms with Gasteiger partial charge in [0.2, 0.25) is 5.91 Å². The number of benzene rings is 2. The highest BCUT2D eigenvalue weighted by Gasteiger charge is 2.66. The SMILES string of the molecule is COc1ccc([Si](C)(C)[C@H]2[C@H](CC(=O)N3CCC[C@H]3CO)O[C@@]3(C(=O)N(C)c4ccc(I)cc43)[C@@H]2C)cc1. The van der Waals surface area contributed by atoms with Crippen LogP contribution in [0.2, 0.25) is 18.6 Å². The van der Waals surface area contributed by atoms with E-state index in [0.29, 0.717) is 6.54 Å². The summed E-state index contributed by atoms with van der Waals surface area (Å²) in [7, 11) is 1.18. The Morgan fingerprint density at radius 1 is 1.24 bits per heavy atom. The number of methoxy groups -OCH3 is 1. The first-order valence-electron chi connectivity index (χ1n) is 13.4. The molecule has 0 radical (unpaired) electrons. The Hall–Kier alpha value is -1.95. The van der Waals surface area contributed by atoms with E-state index in [2.05, 4.69) is 60.8 Å². The summed E-state index contributed by atoms with van der Waals surface area (Å²) in [5.74, 6) is 0.612. The molecule has 2 fully saturated rings.